The second kappa shape index (κ2) is 5.06. The third-order valence-corrected chi connectivity index (χ3v) is 4.06. The minimum absolute atomic E-state index is 0.915. The molecule has 0 fully saturated rings. The Bertz CT molecular complexity index is 1140. The maximum absolute atomic E-state index is 4.62. The molecule has 4 nitrogen and oxygen atoms in total. The van der Waals surface area contributed by atoms with Gasteiger partial charge in [0.15, 0.2) is 0 Å². The van der Waals surface area contributed by atoms with Crippen molar-refractivity contribution in [1.82, 2.24) is 9.97 Å². The number of aromatic nitrogens is 2. The summed E-state index contributed by atoms with van der Waals surface area (Å²) in [5.74, 6) is 0. The van der Waals surface area contributed by atoms with Crippen LogP contribution in [0, 0.1) is 0 Å². The Morgan fingerprint density at radius 3 is 2.71 bits per heavy atom. The van der Waals surface area contributed by atoms with E-state index in [2.05, 4.69) is 56.4 Å². The maximum Gasteiger partial charge on any atom is 0.0659 e. The van der Waals surface area contributed by atoms with Crippen LogP contribution in [0.4, 0.5) is 0 Å². The van der Waals surface area contributed by atoms with Crippen molar-refractivity contribution in [1.29, 1.82) is 0 Å². The number of aliphatic imine (C=N–C) groups is 2. The second-order valence-corrected chi connectivity index (χ2v) is 5.96. The molecule has 2 N–H and O–H groups in total. The van der Waals surface area contributed by atoms with Crippen molar-refractivity contribution < 1.29 is 0 Å². The highest BCUT2D eigenvalue weighted by Crippen LogP contribution is 2.19. The third kappa shape index (κ3) is 2.44. The van der Waals surface area contributed by atoms with E-state index in [4.69, 9.17) is 0 Å². The van der Waals surface area contributed by atoms with Crippen molar-refractivity contribution in [2.75, 3.05) is 0 Å². The van der Waals surface area contributed by atoms with Crippen molar-refractivity contribution in [3.05, 3.63) is 87.6 Å². The summed E-state index contributed by atoms with van der Waals surface area (Å²) in [6.07, 6.45) is 18.2. The summed E-state index contributed by atoms with van der Waals surface area (Å²) < 4.78 is 0. The molecule has 2 aromatic rings. The van der Waals surface area contributed by atoms with Crippen LogP contribution in [0.2, 0.25) is 0 Å². The van der Waals surface area contributed by atoms with Crippen LogP contribution in [0.15, 0.2) is 75.7 Å². The summed E-state index contributed by atoms with van der Waals surface area (Å²) in [6.45, 7) is 0. The van der Waals surface area contributed by atoms with Gasteiger partial charge >= 0.3 is 0 Å². The van der Waals surface area contributed by atoms with E-state index in [1.807, 2.05) is 36.7 Å². The summed E-state index contributed by atoms with van der Waals surface area (Å²) in [6, 6.07) is 6.26. The second-order valence-electron chi connectivity index (χ2n) is 5.96. The van der Waals surface area contributed by atoms with Crippen molar-refractivity contribution in [3.63, 3.8) is 0 Å². The number of hydrogen-bond acceptors (Lipinski definition) is 2. The highest BCUT2D eigenvalue weighted by Gasteiger charge is 2.07. The smallest absolute Gasteiger partial charge is 0.0659 e. The summed E-state index contributed by atoms with van der Waals surface area (Å²) in [5, 5.41) is 2.10. The molecule has 0 aromatic carbocycles. The lowest BCUT2D eigenvalue weighted by Gasteiger charge is -1.90. The van der Waals surface area contributed by atoms with Gasteiger partial charge in [-0.15, -0.1) is 0 Å². The Morgan fingerprint density at radius 1 is 0.833 bits per heavy atom. The molecule has 5 heterocycles. The zero-order chi connectivity index (χ0) is 15.9. The number of rotatable bonds is 0. The fraction of sp³-hybridized carbons (Fsp3) is 0. The highest BCUT2D eigenvalue weighted by atomic mass is 14.8. The molecule has 3 aliphatic rings. The quantitative estimate of drug-likeness (QED) is 0.750. The minimum Gasteiger partial charge on any atom is -0.361 e. The molecule has 4 heteroatoms. The van der Waals surface area contributed by atoms with E-state index in [1.54, 1.807) is 0 Å². The van der Waals surface area contributed by atoms with Crippen LogP contribution in [-0.4, -0.2) is 21.9 Å². The van der Waals surface area contributed by atoms with Gasteiger partial charge in [0.25, 0.3) is 0 Å². The van der Waals surface area contributed by atoms with E-state index < -0.39 is 0 Å². The lowest BCUT2D eigenvalue weighted by molar-refractivity contribution is 1.27. The van der Waals surface area contributed by atoms with E-state index in [9.17, 15) is 0 Å². The van der Waals surface area contributed by atoms with Crippen molar-refractivity contribution in [2.24, 2.45) is 9.98 Å². The molecule has 0 atom stereocenters. The number of aromatic amines is 2. The Balaban J connectivity index is 1.72. The third-order valence-electron chi connectivity index (χ3n) is 4.06. The lowest BCUT2D eigenvalue weighted by Crippen LogP contribution is -2.10. The maximum atomic E-state index is 4.62. The predicted molar refractivity (Wildman–Crippen MR) is 98.1 cm³/mol. The van der Waals surface area contributed by atoms with Crippen LogP contribution in [0.3, 0.4) is 0 Å². The average molecular weight is 310 g/mol. The molecule has 0 amide bonds. The fourth-order valence-corrected chi connectivity index (χ4v) is 2.97. The zero-order valence-electron chi connectivity index (χ0n) is 12.8. The molecule has 0 radical (unpaired) electrons. The van der Waals surface area contributed by atoms with Gasteiger partial charge in [-0.1, -0.05) is 0 Å². The van der Waals surface area contributed by atoms with Crippen LogP contribution < -0.4 is 10.7 Å². The predicted octanol–water partition coefficient (Wildman–Crippen LogP) is 2.21. The Labute approximate surface area is 138 Å². The first-order chi connectivity index (χ1) is 11.8. The standard InChI is InChI=1S/C20H14N4/c1-2-16-9-17-3-4-18(24-17)10-20-8-14(12-22-20)7-19-6-13(11-21-19)5-15(1)23-16/h1-12,21,23H. The van der Waals surface area contributed by atoms with Gasteiger partial charge in [0, 0.05) is 28.8 Å². The van der Waals surface area contributed by atoms with Crippen molar-refractivity contribution in [3.8, 4) is 0 Å². The van der Waals surface area contributed by atoms with Crippen molar-refractivity contribution >= 4 is 30.2 Å². The molecule has 114 valence electrons. The Kier molecular flexibility index (Phi) is 2.76. The lowest BCUT2D eigenvalue weighted by atomic mass is 10.2. The van der Waals surface area contributed by atoms with E-state index in [-0.39, 0.29) is 0 Å². The van der Waals surface area contributed by atoms with E-state index >= 15 is 0 Å². The SMILES string of the molecule is C1=CC2=NC1=CC1=CC(=Cc3cc(c[nH]3)C=c3ccc([nH]3)=C2)C=N1. The molecular formula is C20H14N4. The van der Waals surface area contributed by atoms with Gasteiger partial charge in [-0.3, -0.25) is 4.99 Å². The molecular weight excluding hydrogens is 296 g/mol. The molecule has 0 spiro atoms. The van der Waals surface area contributed by atoms with Crippen LogP contribution in [-0.2, 0) is 0 Å². The molecule has 3 aliphatic heterocycles. The van der Waals surface area contributed by atoms with Gasteiger partial charge < -0.3 is 9.97 Å². The van der Waals surface area contributed by atoms with Gasteiger partial charge in [0.1, 0.15) is 0 Å². The minimum atomic E-state index is 0.915. The number of nitrogens with zero attached hydrogens (tertiary/aromatic N) is 2. The van der Waals surface area contributed by atoms with E-state index in [1.165, 1.54) is 0 Å². The zero-order valence-corrected chi connectivity index (χ0v) is 12.8. The average Bonchev–Trinajstić information content (AvgIpc) is 3.32. The molecule has 24 heavy (non-hydrogen) atoms. The fourth-order valence-electron chi connectivity index (χ4n) is 2.97. The van der Waals surface area contributed by atoms with Gasteiger partial charge in [-0.2, -0.15) is 0 Å². The number of nitrogens with one attached hydrogen (secondary N) is 2. The van der Waals surface area contributed by atoms with Gasteiger partial charge in [-0.05, 0) is 71.9 Å². The highest BCUT2D eigenvalue weighted by molar-refractivity contribution is 6.19. The normalized spacial score (nSPS) is 17.7. The van der Waals surface area contributed by atoms with Crippen LogP contribution in [0.25, 0.3) is 18.2 Å². The number of allylic oxidation sites excluding steroid dienone is 5. The summed E-state index contributed by atoms with van der Waals surface area (Å²) in [7, 11) is 0. The Morgan fingerprint density at radius 2 is 1.75 bits per heavy atom. The molecule has 2 aromatic heterocycles. The molecule has 0 unspecified atom stereocenters. The summed E-state index contributed by atoms with van der Waals surface area (Å²) >= 11 is 0. The van der Waals surface area contributed by atoms with E-state index in [0.29, 0.717) is 0 Å². The van der Waals surface area contributed by atoms with Crippen LogP contribution in [0.1, 0.15) is 11.3 Å². The van der Waals surface area contributed by atoms with Gasteiger partial charge in [0.05, 0.1) is 17.1 Å². The number of fused-ring (bicyclic) bond motifs is 6. The van der Waals surface area contributed by atoms with Crippen LogP contribution >= 0.6 is 0 Å². The first kappa shape index (κ1) is 13.1. The molecule has 0 saturated carbocycles. The van der Waals surface area contributed by atoms with Crippen LogP contribution in [0.5, 0.6) is 0 Å². The summed E-state index contributed by atoms with van der Waals surface area (Å²) in [4.78, 5) is 15.8. The topological polar surface area (TPSA) is 56.3 Å². The van der Waals surface area contributed by atoms with E-state index in [0.717, 1.165) is 44.6 Å². The largest absolute Gasteiger partial charge is 0.361 e. The molecule has 8 bridgehead atoms. The molecule has 5 rings (SSSR count). The Hall–Kier alpha value is -3.40. The first-order valence-corrected chi connectivity index (χ1v) is 7.83. The van der Waals surface area contributed by atoms with Crippen molar-refractivity contribution in [2.45, 2.75) is 0 Å². The monoisotopic (exact) mass is 310 g/mol. The molecule has 0 saturated heterocycles. The van der Waals surface area contributed by atoms with Gasteiger partial charge in [0.2, 0.25) is 0 Å². The first-order valence-electron chi connectivity index (χ1n) is 7.83. The molecule has 0 aliphatic carbocycles. The number of hydrogen-bond donors (Lipinski definition) is 2. The van der Waals surface area contributed by atoms with Gasteiger partial charge in [-0.25, -0.2) is 4.99 Å². The summed E-state index contributed by atoms with van der Waals surface area (Å²) in [5.41, 5.74) is 6.02. The number of H-pyrrole nitrogens is 2.